The average Bonchev–Trinajstić information content (AvgIpc) is 2.91. The summed E-state index contributed by atoms with van der Waals surface area (Å²) in [5.74, 6) is -11.2. The van der Waals surface area contributed by atoms with Crippen molar-refractivity contribution >= 4 is 19.0 Å². The van der Waals surface area contributed by atoms with Gasteiger partial charge in [0.05, 0.1) is 0 Å². The summed E-state index contributed by atoms with van der Waals surface area (Å²) in [6, 6.07) is 14.5. The van der Waals surface area contributed by atoms with Gasteiger partial charge < -0.3 is 0 Å². The molecule has 0 saturated carbocycles. The number of aliphatic hydroxyl groups excluding tert-OH is 1. The van der Waals surface area contributed by atoms with Crippen LogP contribution in [0.25, 0.3) is 0 Å². The third kappa shape index (κ3) is 7.07. The minimum atomic E-state index is -6.54. The molecule has 42 heavy (non-hydrogen) atoms. The molecule has 2 nitrogen and oxygen atoms in total. The summed E-state index contributed by atoms with van der Waals surface area (Å²) < 4.78 is 140. The van der Waals surface area contributed by atoms with E-state index < -0.39 is 55.7 Å². The summed E-state index contributed by atoms with van der Waals surface area (Å²) in [6.07, 6.45) is -10.4. The molecule has 2 unspecified atom stereocenters. The molecule has 1 aliphatic carbocycles. The van der Waals surface area contributed by atoms with Crippen LogP contribution in [-0.2, 0) is 24.0 Å². The van der Waals surface area contributed by atoms with Gasteiger partial charge in [0, 0.05) is 0 Å². The molecule has 0 aliphatic heterocycles. The van der Waals surface area contributed by atoms with Gasteiger partial charge in [-0.1, -0.05) is 0 Å². The van der Waals surface area contributed by atoms with E-state index in [4.69, 9.17) is 4.74 Å². The quantitative estimate of drug-likeness (QED) is 0.185. The van der Waals surface area contributed by atoms with Gasteiger partial charge in [-0.3, -0.25) is 0 Å². The number of ether oxygens (including phenoxy) is 1. The fourth-order valence-corrected chi connectivity index (χ4v) is 9.69. The van der Waals surface area contributed by atoms with E-state index in [0.29, 0.717) is 22.2 Å². The zero-order valence-electron chi connectivity index (χ0n) is 21.8. The maximum atomic E-state index is 14.3. The van der Waals surface area contributed by atoms with Gasteiger partial charge in [0.2, 0.25) is 0 Å². The van der Waals surface area contributed by atoms with Crippen LogP contribution < -0.4 is 9.09 Å². The number of aliphatic hydroxyl groups is 1. The Balaban J connectivity index is 1.64. The van der Waals surface area contributed by atoms with E-state index in [1.807, 2.05) is 12.1 Å². The molecule has 3 aromatic carbocycles. The number of hydrogen-bond acceptors (Lipinski definition) is 2. The zero-order valence-corrected chi connectivity index (χ0v) is 23.6. The Kier molecular flexibility index (Phi) is 9.28. The van der Waals surface area contributed by atoms with Crippen molar-refractivity contribution in [2.45, 2.75) is 66.4 Å². The van der Waals surface area contributed by atoms with Gasteiger partial charge in [0.1, 0.15) is 0 Å². The molecule has 3 aromatic rings. The Morgan fingerprint density at radius 3 is 2.05 bits per heavy atom. The number of halogens is 10. The van der Waals surface area contributed by atoms with Crippen LogP contribution in [0.3, 0.4) is 0 Å². The van der Waals surface area contributed by atoms with Crippen molar-refractivity contribution in [3.05, 3.63) is 89.0 Å². The number of benzene rings is 3. The summed E-state index contributed by atoms with van der Waals surface area (Å²) in [4.78, 5) is 0. The molecule has 1 aliphatic rings. The van der Waals surface area contributed by atoms with Crippen LogP contribution >= 0.6 is 0 Å². The predicted octanol–water partition coefficient (Wildman–Crippen LogP) is 8.05. The first kappa shape index (κ1) is 32.2. The summed E-state index contributed by atoms with van der Waals surface area (Å²) in [6.45, 7) is 0. The predicted molar refractivity (Wildman–Crippen MR) is 137 cm³/mol. The number of alkyl halides is 10. The number of hydrogen-bond donors (Lipinski definition) is 1. The maximum absolute atomic E-state index is 14.3. The van der Waals surface area contributed by atoms with Gasteiger partial charge in [-0.25, -0.2) is 0 Å². The van der Waals surface area contributed by atoms with Crippen molar-refractivity contribution < 1.29 is 53.7 Å². The first-order valence-electron chi connectivity index (χ1n) is 12.8. The Hall–Kier alpha value is -2.72. The second-order valence-electron chi connectivity index (χ2n) is 10.0. The van der Waals surface area contributed by atoms with Crippen LogP contribution in [0, 0.1) is 0 Å². The summed E-state index contributed by atoms with van der Waals surface area (Å²) in [5, 5.41) is 8.69. The molecule has 228 valence electrons. The molecular formula is C29H25AsF10O2. The molecule has 2 atom stereocenters. The van der Waals surface area contributed by atoms with E-state index in [9.17, 15) is 49.0 Å². The number of aryl methyl sites for hydroxylation is 2. The molecule has 0 fully saturated rings. The Morgan fingerprint density at radius 2 is 1.38 bits per heavy atom. The van der Waals surface area contributed by atoms with Gasteiger partial charge in [-0.05, 0) is 0 Å². The van der Waals surface area contributed by atoms with Crippen LogP contribution in [-0.4, -0.2) is 44.1 Å². The van der Waals surface area contributed by atoms with Crippen LogP contribution in [0.1, 0.15) is 35.1 Å². The van der Waals surface area contributed by atoms with Gasteiger partial charge in [-0.2, -0.15) is 0 Å². The van der Waals surface area contributed by atoms with Crippen molar-refractivity contribution in [2.75, 3.05) is 0 Å². The third-order valence-corrected chi connectivity index (χ3v) is 12.3. The zero-order chi connectivity index (χ0) is 30.9. The standard InChI is InChI=1S/C29H25AsF10O2/c31-26(32,28(36,37)29(38,39)40)21-8-3-5-18(13-21)16-30(17-25(41)27(33,34)35)22-9-4-10-23(15-22)42-24-12-11-19-6-1-2-7-20(19)14-24/h3-5,8-15,25,41H,1-2,6-7,16-17H2. The molecule has 0 amide bonds. The van der Waals surface area contributed by atoms with Gasteiger partial charge in [-0.15, -0.1) is 0 Å². The summed E-state index contributed by atoms with van der Waals surface area (Å²) in [5.41, 5.74) is 0.540. The normalized spacial score (nSPS) is 16.1. The Labute approximate surface area is 239 Å². The van der Waals surface area contributed by atoms with Crippen LogP contribution in [0.5, 0.6) is 11.5 Å². The van der Waals surface area contributed by atoms with E-state index in [-0.39, 0.29) is 16.5 Å². The van der Waals surface area contributed by atoms with Crippen LogP contribution in [0.15, 0.2) is 66.7 Å². The Bertz CT molecular complexity index is 1390. The monoisotopic (exact) mass is 670 g/mol. The first-order valence-corrected chi connectivity index (χ1v) is 16.4. The van der Waals surface area contributed by atoms with E-state index in [1.54, 1.807) is 12.1 Å². The van der Waals surface area contributed by atoms with E-state index in [2.05, 4.69) is 0 Å². The van der Waals surface area contributed by atoms with Gasteiger partial charge in [0.15, 0.2) is 0 Å². The second kappa shape index (κ2) is 12.1. The van der Waals surface area contributed by atoms with E-state index in [0.717, 1.165) is 43.4 Å². The Morgan fingerprint density at radius 1 is 0.738 bits per heavy atom. The van der Waals surface area contributed by atoms with Gasteiger partial charge >= 0.3 is 240 Å². The fourth-order valence-electron chi connectivity index (χ4n) is 4.67. The first-order chi connectivity index (χ1) is 19.5. The fraction of sp³-hybridized carbons (Fsp3) is 0.379. The number of rotatable bonds is 9. The molecule has 13 heteroatoms. The molecule has 0 saturated heterocycles. The molecule has 0 spiro atoms. The molecular weight excluding hydrogens is 645 g/mol. The molecule has 0 radical (unpaired) electrons. The summed E-state index contributed by atoms with van der Waals surface area (Å²) >= 11 is -3.08. The van der Waals surface area contributed by atoms with Crippen molar-refractivity contribution in [1.82, 2.24) is 0 Å². The average molecular weight is 670 g/mol. The summed E-state index contributed by atoms with van der Waals surface area (Å²) in [7, 11) is 0. The topological polar surface area (TPSA) is 29.5 Å². The molecule has 0 bridgehead atoms. The molecule has 0 aromatic heterocycles. The van der Waals surface area contributed by atoms with Gasteiger partial charge in [0.25, 0.3) is 0 Å². The van der Waals surface area contributed by atoms with E-state index in [1.165, 1.54) is 23.8 Å². The van der Waals surface area contributed by atoms with Crippen molar-refractivity contribution in [1.29, 1.82) is 0 Å². The SMILES string of the molecule is OC(C[As](Cc1cccc(C(F)(F)C(F)(F)C(F)(F)F)c1)c1cccc(Oc2ccc3c(c2)CCCC3)c1)C(F)(F)F. The second-order valence-corrected chi connectivity index (χ2v) is 14.8. The molecule has 0 heterocycles. The van der Waals surface area contributed by atoms with E-state index >= 15 is 0 Å². The number of fused-ring (bicyclic) bond motifs is 1. The molecule has 1 N–H and O–H groups in total. The minimum absolute atomic E-state index is 0.166. The van der Waals surface area contributed by atoms with Crippen molar-refractivity contribution in [3.63, 3.8) is 0 Å². The van der Waals surface area contributed by atoms with Crippen LogP contribution in [0.2, 0.25) is 5.21 Å². The molecule has 4 rings (SSSR count). The van der Waals surface area contributed by atoms with Crippen LogP contribution in [0.4, 0.5) is 43.9 Å². The van der Waals surface area contributed by atoms with Crippen molar-refractivity contribution in [3.8, 4) is 11.5 Å². The third-order valence-electron chi connectivity index (χ3n) is 6.92. The van der Waals surface area contributed by atoms with Crippen molar-refractivity contribution in [2.24, 2.45) is 0 Å².